The molecule has 1 heteroatoms. The molecule has 0 aliphatic heterocycles. The molecule has 0 saturated heterocycles. The fraction of sp³-hybridized carbons (Fsp3) is 1.00. The molecule has 1 rings (SSSR count). The molecular weight excluding hydrogens is 127 g/mol. The minimum atomic E-state index is 1.11. The van der Waals surface area contributed by atoms with Gasteiger partial charge in [0.05, 0.1) is 0 Å². The van der Waals surface area contributed by atoms with Crippen molar-refractivity contribution in [1.82, 2.24) is 0 Å². The number of hydrogen-bond acceptors (Lipinski definition) is 0. The van der Waals surface area contributed by atoms with Crippen molar-refractivity contribution in [2.24, 2.45) is 5.92 Å². The Labute approximate surface area is 80.3 Å². The normalized spacial score (nSPS) is 20.5. The van der Waals surface area contributed by atoms with Gasteiger partial charge in [-0.15, -0.1) is 0 Å². The Hall–Kier alpha value is 0.597. The van der Waals surface area contributed by atoms with Gasteiger partial charge in [0.1, 0.15) is 0 Å². The molecule has 0 amide bonds. The third-order valence-corrected chi connectivity index (χ3v) is 2.94. The average molecular weight is 146 g/mol. The van der Waals surface area contributed by atoms with Crippen LogP contribution in [0.25, 0.3) is 0 Å². The molecule has 60 valence electrons. The van der Waals surface area contributed by atoms with Crippen molar-refractivity contribution in [3.8, 4) is 0 Å². The molecular formula is C10H19Li. The Morgan fingerprint density at radius 3 is 2.36 bits per heavy atom. The summed E-state index contributed by atoms with van der Waals surface area (Å²) in [5, 5.41) is 1.38. The van der Waals surface area contributed by atoms with Crippen molar-refractivity contribution in [3.05, 3.63) is 0 Å². The average Bonchev–Trinajstić information content (AvgIpc) is 2.07. The standard InChI is InChI=1S/C10H19.Li/c1-2-3-7-10-8-5-4-6-9-10;/h10H,1-9H2;. The van der Waals surface area contributed by atoms with Crippen molar-refractivity contribution in [1.29, 1.82) is 0 Å². The quantitative estimate of drug-likeness (QED) is 0.421. The molecule has 0 N–H and O–H groups in total. The van der Waals surface area contributed by atoms with E-state index in [1.807, 2.05) is 0 Å². The summed E-state index contributed by atoms with van der Waals surface area (Å²) in [5.41, 5.74) is 0. The van der Waals surface area contributed by atoms with E-state index in [2.05, 4.69) is 17.7 Å². The van der Waals surface area contributed by atoms with Gasteiger partial charge in [-0.25, -0.2) is 0 Å². The molecule has 0 heterocycles. The van der Waals surface area contributed by atoms with Gasteiger partial charge in [-0.1, -0.05) is 0 Å². The van der Waals surface area contributed by atoms with Gasteiger partial charge >= 0.3 is 80.1 Å². The Kier molecular flexibility index (Phi) is 5.41. The fourth-order valence-corrected chi connectivity index (χ4v) is 2.16. The Morgan fingerprint density at radius 2 is 1.73 bits per heavy atom. The molecule has 0 aromatic rings. The van der Waals surface area contributed by atoms with E-state index in [-0.39, 0.29) is 0 Å². The molecule has 0 aromatic heterocycles. The van der Waals surface area contributed by atoms with E-state index in [0.717, 1.165) is 5.92 Å². The van der Waals surface area contributed by atoms with Gasteiger partial charge < -0.3 is 0 Å². The van der Waals surface area contributed by atoms with Crippen LogP contribution in [0, 0.1) is 5.92 Å². The zero-order valence-corrected chi connectivity index (χ0v) is 7.94. The summed E-state index contributed by atoms with van der Waals surface area (Å²) in [4.78, 5) is 0. The van der Waals surface area contributed by atoms with E-state index in [0.29, 0.717) is 0 Å². The molecule has 0 radical (unpaired) electrons. The molecule has 11 heavy (non-hydrogen) atoms. The summed E-state index contributed by atoms with van der Waals surface area (Å²) >= 11 is 2.29. The van der Waals surface area contributed by atoms with Crippen molar-refractivity contribution >= 4 is 17.7 Å². The summed E-state index contributed by atoms with van der Waals surface area (Å²) in [5.74, 6) is 1.11. The second-order valence-corrected chi connectivity index (χ2v) is 4.00. The maximum absolute atomic E-state index is 2.29. The van der Waals surface area contributed by atoms with Crippen LogP contribution < -0.4 is 0 Å². The fourth-order valence-electron chi connectivity index (χ4n) is 2.16. The molecule has 0 bridgehead atoms. The zero-order valence-electron chi connectivity index (χ0n) is 7.94. The molecule has 1 saturated carbocycles. The predicted molar refractivity (Wildman–Crippen MR) is 51.0 cm³/mol. The summed E-state index contributed by atoms with van der Waals surface area (Å²) in [6, 6.07) is 0. The molecule has 0 spiro atoms. The molecule has 0 atom stereocenters. The van der Waals surface area contributed by atoms with E-state index < -0.39 is 0 Å². The van der Waals surface area contributed by atoms with Gasteiger partial charge in [0.25, 0.3) is 0 Å². The van der Waals surface area contributed by atoms with Crippen LogP contribution in [-0.2, 0) is 0 Å². The van der Waals surface area contributed by atoms with Gasteiger partial charge in [-0.3, -0.25) is 0 Å². The Morgan fingerprint density at radius 1 is 1.00 bits per heavy atom. The van der Waals surface area contributed by atoms with Crippen molar-refractivity contribution < 1.29 is 0 Å². The monoisotopic (exact) mass is 146 g/mol. The summed E-state index contributed by atoms with van der Waals surface area (Å²) in [7, 11) is 0. The SMILES string of the molecule is [Li][CH2]CCCC1CCCCC1. The second-order valence-electron chi connectivity index (χ2n) is 4.00. The molecule has 0 unspecified atom stereocenters. The first-order valence-corrected chi connectivity index (χ1v) is 5.43. The first-order chi connectivity index (χ1) is 5.43. The molecule has 1 fully saturated rings. The topological polar surface area (TPSA) is 0 Å². The third kappa shape index (κ3) is 4.24. The molecule has 1 aliphatic carbocycles. The van der Waals surface area contributed by atoms with Crippen molar-refractivity contribution in [2.45, 2.75) is 56.5 Å². The first kappa shape index (κ1) is 9.68. The van der Waals surface area contributed by atoms with Crippen LogP contribution in [0.1, 0.15) is 51.4 Å². The van der Waals surface area contributed by atoms with Gasteiger partial charge in [-0.2, -0.15) is 0 Å². The zero-order chi connectivity index (χ0) is 7.94. The van der Waals surface area contributed by atoms with Crippen LogP contribution in [0.4, 0.5) is 0 Å². The van der Waals surface area contributed by atoms with Crippen LogP contribution in [0.3, 0.4) is 0 Å². The van der Waals surface area contributed by atoms with Crippen molar-refractivity contribution in [3.63, 3.8) is 0 Å². The van der Waals surface area contributed by atoms with Gasteiger partial charge in [0, 0.05) is 0 Å². The molecule has 1 aliphatic rings. The van der Waals surface area contributed by atoms with Crippen LogP contribution in [0.15, 0.2) is 0 Å². The maximum atomic E-state index is 2.29. The van der Waals surface area contributed by atoms with Crippen LogP contribution in [0.2, 0.25) is 5.09 Å². The van der Waals surface area contributed by atoms with E-state index in [9.17, 15) is 0 Å². The summed E-state index contributed by atoms with van der Waals surface area (Å²) in [6.45, 7) is 0. The number of hydrogen-bond donors (Lipinski definition) is 0. The van der Waals surface area contributed by atoms with Gasteiger partial charge in [0.15, 0.2) is 0 Å². The van der Waals surface area contributed by atoms with E-state index >= 15 is 0 Å². The Bertz CT molecular complexity index is 84.9. The predicted octanol–water partition coefficient (Wildman–Crippen LogP) is 3.32. The van der Waals surface area contributed by atoms with Crippen LogP contribution in [-0.4, -0.2) is 17.7 Å². The molecule has 0 nitrogen and oxygen atoms in total. The van der Waals surface area contributed by atoms with Gasteiger partial charge in [-0.05, 0) is 0 Å². The number of unbranched alkanes of at least 4 members (excludes halogenated alkanes) is 1. The molecule has 0 aromatic carbocycles. The van der Waals surface area contributed by atoms with Gasteiger partial charge in [0.2, 0.25) is 0 Å². The van der Waals surface area contributed by atoms with Crippen molar-refractivity contribution in [2.75, 3.05) is 0 Å². The second kappa shape index (κ2) is 6.15. The number of rotatable bonds is 4. The van der Waals surface area contributed by atoms with E-state index in [1.165, 1.54) is 56.5 Å². The Balaban J connectivity index is 1.96. The van der Waals surface area contributed by atoms with Crippen LogP contribution >= 0.6 is 0 Å². The van der Waals surface area contributed by atoms with E-state index in [4.69, 9.17) is 0 Å². The summed E-state index contributed by atoms with van der Waals surface area (Å²) in [6.07, 6.45) is 12.1. The van der Waals surface area contributed by atoms with E-state index in [1.54, 1.807) is 0 Å². The minimum absolute atomic E-state index is 1.11. The van der Waals surface area contributed by atoms with Crippen LogP contribution in [0.5, 0.6) is 0 Å². The first-order valence-electron chi connectivity index (χ1n) is 5.43. The third-order valence-electron chi connectivity index (χ3n) is 2.94. The summed E-state index contributed by atoms with van der Waals surface area (Å²) < 4.78 is 0.